The van der Waals surface area contributed by atoms with Crippen LogP contribution in [0.3, 0.4) is 0 Å². The van der Waals surface area contributed by atoms with E-state index in [9.17, 15) is 16.8 Å². The summed E-state index contributed by atoms with van der Waals surface area (Å²) in [6.45, 7) is 1.39. The molecule has 19 heavy (non-hydrogen) atoms. The zero-order valence-electron chi connectivity index (χ0n) is 9.80. The number of nitrogen functional groups attached to an aromatic ring is 1. The summed E-state index contributed by atoms with van der Waals surface area (Å²) in [5, 5.41) is 4.68. The molecule has 1 atom stereocenters. The molecule has 1 rings (SSSR count). The third-order valence-corrected chi connectivity index (χ3v) is 7.76. The van der Waals surface area contributed by atoms with Crippen LogP contribution in [0.1, 0.15) is 13.3 Å². The van der Waals surface area contributed by atoms with E-state index in [0.29, 0.717) is 0 Å². The summed E-state index contributed by atoms with van der Waals surface area (Å²) < 4.78 is 45.4. The number of primary sulfonamides is 1. The first-order valence-electron chi connectivity index (χ1n) is 5.01. The van der Waals surface area contributed by atoms with Crippen LogP contribution in [0.2, 0.25) is 10.0 Å². The first-order valence-corrected chi connectivity index (χ1v) is 8.93. The molecule has 0 aliphatic rings. The van der Waals surface area contributed by atoms with Gasteiger partial charge in [-0.2, -0.15) is 0 Å². The second-order valence-corrected chi connectivity index (χ2v) is 8.73. The van der Waals surface area contributed by atoms with E-state index in [0.717, 1.165) is 12.1 Å². The average molecular weight is 347 g/mol. The van der Waals surface area contributed by atoms with Gasteiger partial charge in [-0.3, -0.25) is 0 Å². The van der Waals surface area contributed by atoms with E-state index in [1.54, 1.807) is 0 Å². The maximum Gasteiger partial charge on any atom is 0.226 e. The van der Waals surface area contributed by atoms with Crippen molar-refractivity contribution in [2.24, 2.45) is 5.14 Å². The largest absolute Gasteiger partial charge is 0.397 e. The number of hydrogen-bond donors (Lipinski definition) is 2. The summed E-state index contributed by atoms with van der Waals surface area (Å²) in [7, 11) is -8.55. The molecule has 0 saturated carbocycles. The highest BCUT2D eigenvalue weighted by Gasteiger charge is 2.36. The molecule has 0 aliphatic heterocycles. The number of benzene rings is 1. The van der Waals surface area contributed by atoms with Crippen LogP contribution >= 0.6 is 23.2 Å². The van der Waals surface area contributed by atoms with Gasteiger partial charge in [0.05, 0.1) is 20.6 Å². The zero-order valence-corrected chi connectivity index (χ0v) is 12.9. The molecular weight excluding hydrogens is 335 g/mol. The molecule has 4 N–H and O–H groups in total. The van der Waals surface area contributed by atoms with Gasteiger partial charge in [-0.05, 0) is 18.6 Å². The first-order chi connectivity index (χ1) is 8.51. The summed E-state index contributed by atoms with van der Waals surface area (Å²) in [4.78, 5) is -0.408. The van der Waals surface area contributed by atoms with Crippen LogP contribution in [-0.4, -0.2) is 21.4 Å². The zero-order chi connectivity index (χ0) is 15.0. The maximum absolute atomic E-state index is 12.3. The van der Waals surface area contributed by atoms with E-state index in [-0.39, 0.29) is 22.2 Å². The van der Waals surface area contributed by atoms with Crippen molar-refractivity contribution in [2.75, 3.05) is 5.73 Å². The van der Waals surface area contributed by atoms with Crippen molar-refractivity contribution in [1.82, 2.24) is 0 Å². The van der Waals surface area contributed by atoms with Gasteiger partial charge in [0.25, 0.3) is 0 Å². The molecule has 0 amide bonds. The lowest BCUT2D eigenvalue weighted by Crippen LogP contribution is -2.35. The van der Waals surface area contributed by atoms with E-state index in [1.807, 2.05) is 0 Å². The van der Waals surface area contributed by atoms with E-state index in [4.69, 9.17) is 34.1 Å². The average Bonchev–Trinajstić information content (AvgIpc) is 2.21. The first kappa shape index (κ1) is 16.5. The lowest BCUT2D eigenvalue weighted by Gasteiger charge is -2.15. The molecule has 0 spiro atoms. The summed E-state index contributed by atoms with van der Waals surface area (Å²) in [6.07, 6.45) is -0.209. The summed E-state index contributed by atoms with van der Waals surface area (Å²) >= 11 is 11.5. The minimum atomic E-state index is -4.28. The Labute approximate surface area is 121 Å². The van der Waals surface area contributed by atoms with Gasteiger partial charge in [0.15, 0.2) is 14.4 Å². The highest BCUT2D eigenvalue weighted by molar-refractivity contribution is 8.08. The minimum absolute atomic E-state index is 0.0350. The second-order valence-electron chi connectivity index (χ2n) is 3.78. The van der Waals surface area contributed by atoms with Crippen molar-refractivity contribution in [3.8, 4) is 0 Å². The fourth-order valence-corrected chi connectivity index (χ4v) is 5.78. The number of anilines is 1. The van der Waals surface area contributed by atoms with Crippen LogP contribution in [0, 0.1) is 0 Å². The summed E-state index contributed by atoms with van der Waals surface area (Å²) in [5.41, 5.74) is 5.56. The molecule has 0 saturated heterocycles. The minimum Gasteiger partial charge on any atom is -0.397 e. The smallest absolute Gasteiger partial charge is 0.226 e. The molecule has 1 aromatic carbocycles. The second kappa shape index (κ2) is 5.45. The van der Waals surface area contributed by atoms with E-state index >= 15 is 0 Å². The number of sulfone groups is 1. The quantitative estimate of drug-likeness (QED) is 0.797. The molecule has 10 heteroatoms. The van der Waals surface area contributed by atoms with Crippen molar-refractivity contribution < 1.29 is 16.8 Å². The van der Waals surface area contributed by atoms with Gasteiger partial charge in [-0.1, -0.05) is 30.1 Å². The van der Waals surface area contributed by atoms with Crippen LogP contribution in [0.15, 0.2) is 17.0 Å². The lowest BCUT2D eigenvalue weighted by molar-refractivity contribution is 0.573. The Hall–Kier alpha value is -0.540. The fourth-order valence-electron chi connectivity index (χ4n) is 1.53. The normalized spacial score (nSPS) is 14.3. The van der Waals surface area contributed by atoms with Crippen molar-refractivity contribution in [1.29, 1.82) is 0 Å². The molecule has 1 unspecified atom stereocenters. The van der Waals surface area contributed by atoms with Gasteiger partial charge in [0.2, 0.25) is 10.0 Å². The van der Waals surface area contributed by atoms with Gasteiger partial charge in [0, 0.05) is 0 Å². The highest BCUT2D eigenvalue weighted by atomic mass is 35.5. The van der Waals surface area contributed by atoms with Gasteiger partial charge < -0.3 is 5.73 Å². The van der Waals surface area contributed by atoms with Gasteiger partial charge in [0.1, 0.15) is 0 Å². The number of nitrogens with two attached hydrogens (primary N) is 2. The summed E-state index contributed by atoms with van der Waals surface area (Å²) in [6, 6.07) is 2.16. The summed E-state index contributed by atoms with van der Waals surface area (Å²) in [5.74, 6) is 0. The molecule has 0 radical (unpaired) electrons. The van der Waals surface area contributed by atoms with Crippen molar-refractivity contribution in [3.05, 3.63) is 22.2 Å². The van der Waals surface area contributed by atoms with Crippen molar-refractivity contribution in [2.45, 2.75) is 22.8 Å². The van der Waals surface area contributed by atoms with E-state index < -0.39 is 29.3 Å². The highest BCUT2D eigenvalue weighted by Crippen LogP contribution is 2.33. The van der Waals surface area contributed by atoms with Gasteiger partial charge >= 0.3 is 0 Å². The van der Waals surface area contributed by atoms with Crippen LogP contribution in [0.4, 0.5) is 5.69 Å². The molecule has 0 aliphatic carbocycles. The third-order valence-electron chi connectivity index (χ3n) is 2.40. The number of rotatable bonds is 4. The van der Waals surface area contributed by atoms with Gasteiger partial charge in [-0.25, -0.2) is 22.0 Å². The predicted octanol–water partition coefficient (Wildman–Crippen LogP) is 1.37. The third kappa shape index (κ3) is 3.32. The SMILES string of the molecule is CCC(S(N)(=O)=O)S(=O)(=O)c1cc(Cl)c(N)cc1Cl. The number of hydrogen-bond acceptors (Lipinski definition) is 5. The van der Waals surface area contributed by atoms with Crippen LogP contribution in [-0.2, 0) is 19.9 Å². The van der Waals surface area contributed by atoms with Crippen LogP contribution in [0.25, 0.3) is 0 Å². The Morgan fingerprint density at radius 3 is 2.11 bits per heavy atom. The molecule has 6 nitrogen and oxygen atoms in total. The predicted molar refractivity (Wildman–Crippen MR) is 75.2 cm³/mol. The molecule has 0 heterocycles. The Morgan fingerprint density at radius 1 is 1.16 bits per heavy atom. The Balaban J connectivity index is 3.56. The number of halogens is 2. The molecule has 0 fully saturated rings. The number of sulfonamides is 1. The topological polar surface area (TPSA) is 120 Å². The maximum atomic E-state index is 12.3. The van der Waals surface area contributed by atoms with E-state index in [2.05, 4.69) is 0 Å². The fraction of sp³-hybridized carbons (Fsp3) is 0.333. The molecule has 1 aromatic rings. The van der Waals surface area contributed by atoms with Gasteiger partial charge in [-0.15, -0.1) is 0 Å². The van der Waals surface area contributed by atoms with Crippen LogP contribution in [0.5, 0.6) is 0 Å². The monoisotopic (exact) mass is 346 g/mol. The van der Waals surface area contributed by atoms with Crippen molar-refractivity contribution >= 4 is 48.7 Å². The molecule has 108 valence electrons. The molecule has 0 bridgehead atoms. The van der Waals surface area contributed by atoms with Crippen molar-refractivity contribution in [3.63, 3.8) is 0 Å². The Bertz CT molecular complexity index is 701. The van der Waals surface area contributed by atoms with Crippen LogP contribution < -0.4 is 10.9 Å². The lowest BCUT2D eigenvalue weighted by atomic mass is 10.3. The standard InChI is InChI=1S/C9H12Cl2N2O4S2/c1-2-9(19(13,16)17)18(14,15)8-4-5(10)7(12)3-6(8)11/h3-4,9H,2,12H2,1H3,(H2,13,16,17). The van der Waals surface area contributed by atoms with E-state index in [1.165, 1.54) is 6.92 Å². The molecule has 0 aromatic heterocycles. The Morgan fingerprint density at radius 2 is 1.68 bits per heavy atom. The molecular formula is C9H12Cl2N2O4S2. The Kier molecular flexibility index (Phi) is 4.74.